The van der Waals surface area contributed by atoms with E-state index in [2.05, 4.69) is 20.9 Å². The highest BCUT2D eigenvalue weighted by atomic mass is 79.9. The van der Waals surface area contributed by atoms with Gasteiger partial charge in [-0.3, -0.25) is 4.98 Å². The van der Waals surface area contributed by atoms with E-state index in [0.29, 0.717) is 13.0 Å². The van der Waals surface area contributed by atoms with Gasteiger partial charge in [-0.1, -0.05) is 0 Å². The molecule has 0 saturated carbocycles. The fraction of sp³-hybridized carbons (Fsp3) is 0.214. The van der Waals surface area contributed by atoms with Gasteiger partial charge in [0.25, 0.3) is 0 Å². The molecule has 21 heavy (non-hydrogen) atoms. The van der Waals surface area contributed by atoms with Gasteiger partial charge < -0.3 is 0 Å². The van der Waals surface area contributed by atoms with Crippen molar-refractivity contribution in [2.75, 3.05) is 13.6 Å². The first-order valence-corrected chi connectivity index (χ1v) is 8.45. The van der Waals surface area contributed by atoms with Crippen LogP contribution in [0, 0.1) is 5.82 Å². The number of benzene rings is 1. The summed E-state index contributed by atoms with van der Waals surface area (Å²) in [6, 6.07) is 7.22. The number of nitrogens with zero attached hydrogens (tertiary/aromatic N) is 2. The zero-order valence-corrected chi connectivity index (χ0v) is 13.7. The number of aromatic nitrogens is 1. The summed E-state index contributed by atoms with van der Waals surface area (Å²) >= 11 is 3.09. The first-order chi connectivity index (χ1) is 9.91. The second-order valence-corrected chi connectivity index (χ2v) is 7.37. The molecule has 0 spiro atoms. The first kappa shape index (κ1) is 16.1. The van der Waals surface area contributed by atoms with Crippen LogP contribution in [0.25, 0.3) is 0 Å². The Kier molecular flexibility index (Phi) is 5.08. The van der Waals surface area contributed by atoms with Gasteiger partial charge in [0.15, 0.2) is 0 Å². The van der Waals surface area contributed by atoms with Crippen LogP contribution in [0.3, 0.4) is 0 Å². The molecule has 0 saturated heterocycles. The number of halogens is 2. The lowest BCUT2D eigenvalue weighted by molar-refractivity contribution is 0.472. The van der Waals surface area contributed by atoms with Crippen molar-refractivity contribution >= 4 is 26.0 Å². The van der Waals surface area contributed by atoms with E-state index < -0.39 is 15.8 Å². The fourth-order valence-electron chi connectivity index (χ4n) is 1.81. The van der Waals surface area contributed by atoms with Crippen LogP contribution >= 0.6 is 15.9 Å². The van der Waals surface area contributed by atoms with E-state index in [9.17, 15) is 12.8 Å². The first-order valence-electron chi connectivity index (χ1n) is 6.21. The minimum absolute atomic E-state index is 0.0566. The minimum Gasteiger partial charge on any atom is -0.265 e. The lowest BCUT2D eigenvalue weighted by atomic mass is 10.2. The van der Waals surface area contributed by atoms with Crippen molar-refractivity contribution < 1.29 is 12.8 Å². The summed E-state index contributed by atoms with van der Waals surface area (Å²) in [5.41, 5.74) is 1.00. The molecule has 0 atom stereocenters. The van der Waals surface area contributed by atoms with Gasteiger partial charge in [-0.25, -0.2) is 17.1 Å². The molecule has 0 fully saturated rings. The number of hydrogen-bond acceptors (Lipinski definition) is 3. The molecule has 0 bridgehead atoms. The monoisotopic (exact) mass is 372 g/mol. The lowest BCUT2D eigenvalue weighted by Gasteiger charge is -2.18. The summed E-state index contributed by atoms with van der Waals surface area (Å²) in [7, 11) is -2.15. The average molecular weight is 373 g/mol. The molecule has 0 radical (unpaired) electrons. The molecule has 4 nitrogen and oxygen atoms in total. The molecular weight excluding hydrogens is 359 g/mol. The molecule has 7 heteroatoms. The Morgan fingerprint density at radius 2 is 1.90 bits per heavy atom. The van der Waals surface area contributed by atoms with Crippen molar-refractivity contribution in [3.63, 3.8) is 0 Å². The van der Waals surface area contributed by atoms with Crippen molar-refractivity contribution in [1.29, 1.82) is 0 Å². The highest BCUT2D eigenvalue weighted by molar-refractivity contribution is 9.10. The third-order valence-electron chi connectivity index (χ3n) is 3.05. The lowest BCUT2D eigenvalue weighted by Crippen LogP contribution is -2.29. The van der Waals surface area contributed by atoms with Crippen LogP contribution in [-0.4, -0.2) is 31.3 Å². The van der Waals surface area contributed by atoms with Gasteiger partial charge in [-0.2, -0.15) is 0 Å². The molecule has 0 N–H and O–H groups in total. The minimum atomic E-state index is -3.65. The zero-order chi connectivity index (χ0) is 15.5. The van der Waals surface area contributed by atoms with Crippen molar-refractivity contribution in [2.45, 2.75) is 11.3 Å². The van der Waals surface area contributed by atoms with Crippen molar-refractivity contribution in [2.24, 2.45) is 0 Å². The van der Waals surface area contributed by atoms with Crippen molar-refractivity contribution in [3.8, 4) is 0 Å². The molecular formula is C14H14BrFN2O2S. The average Bonchev–Trinajstić information content (AvgIpc) is 2.45. The molecule has 0 aliphatic carbocycles. The van der Waals surface area contributed by atoms with E-state index in [0.717, 1.165) is 17.7 Å². The van der Waals surface area contributed by atoms with Crippen LogP contribution in [0.1, 0.15) is 5.56 Å². The molecule has 2 rings (SSSR count). The summed E-state index contributed by atoms with van der Waals surface area (Å²) in [4.78, 5) is 3.97. The van der Waals surface area contributed by atoms with Crippen LogP contribution in [0.15, 0.2) is 52.1 Å². The molecule has 0 unspecified atom stereocenters. The Labute approximate surface area is 131 Å². The van der Waals surface area contributed by atoms with Crippen LogP contribution in [0.2, 0.25) is 0 Å². The maximum absolute atomic E-state index is 13.1. The smallest absolute Gasteiger partial charge is 0.243 e. The molecule has 1 aromatic heterocycles. The molecule has 2 aromatic rings. The highest BCUT2D eigenvalue weighted by Gasteiger charge is 2.23. The van der Waals surface area contributed by atoms with E-state index in [-0.39, 0.29) is 9.37 Å². The maximum atomic E-state index is 13.1. The predicted molar refractivity (Wildman–Crippen MR) is 81.9 cm³/mol. The normalized spacial score (nSPS) is 11.8. The van der Waals surface area contributed by atoms with Gasteiger partial charge in [0.05, 0.1) is 4.90 Å². The second-order valence-electron chi connectivity index (χ2n) is 4.51. The molecule has 0 aliphatic heterocycles. The molecule has 1 aromatic carbocycles. The van der Waals surface area contributed by atoms with E-state index in [1.807, 2.05) is 12.1 Å². The van der Waals surface area contributed by atoms with Crippen molar-refractivity contribution in [1.82, 2.24) is 9.29 Å². The van der Waals surface area contributed by atoms with Gasteiger partial charge >= 0.3 is 0 Å². The largest absolute Gasteiger partial charge is 0.265 e. The second kappa shape index (κ2) is 6.64. The van der Waals surface area contributed by atoms with E-state index >= 15 is 0 Å². The Morgan fingerprint density at radius 3 is 2.52 bits per heavy atom. The highest BCUT2D eigenvalue weighted by Crippen LogP contribution is 2.25. The zero-order valence-electron chi connectivity index (χ0n) is 11.3. The quantitative estimate of drug-likeness (QED) is 0.810. The van der Waals surface area contributed by atoms with Crippen LogP contribution in [-0.2, 0) is 16.4 Å². The summed E-state index contributed by atoms with van der Waals surface area (Å²) in [6.45, 7) is 0.330. The van der Waals surface area contributed by atoms with Gasteiger partial charge in [0.2, 0.25) is 10.0 Å². The van der Waals surface area contributed by atoms with Gasteiger partial charge in [0, 0.05) is 30.5 Å². The third kappa shape index (κ3) is 3.87. The number of rotatable bonds is 5. The summed E-state index contributed by atoms with van der Waals surface area (Å²) < 4.78 is 39.4. The van der Waals surface area contributed by atoms with Crippen LogP contribution in [0.4, 0.5) is 4.39 Å². The van der Waals surface area contributed by atoms with Gasteiger partial charge in [-0.15, -0.1) is 0 Å². The molecule has 112 valence electrons. The maximum Gasteiger partial charge on any atom is 0.243 e. The SMILES string of the molecule is CN(CCc1ccncc1)S(=O)(=O)c1ccc(F)cc1Br. The Hall–Kier alpha value is -1.31. The van der Waals surface area contributed by atoms with Gasteiger partial charge in [-0.05, 0) is 58.2 Å². The number of sulfonamides is 1. The Balaban J connectivity index is 2.15. The number of hydrogen-bond donors (Lipinski definition) is 0. The van der Waals surface area contributed by atoms with E-state index in [1.54, 1.807) is 12.4 Å². The van der Waals surface area contributed by atoms with Crippen LogP contribution < -0.4 is 0 Å². The molecule has 0 amide bonds. The van der Waals surface area contributed by atoms with E-state index in [1.165, 1.54) is 17.4 Å². The third-order valence-corrected chi connectivity index (χ3v) is 5.88. The number of pyridine rings is 1. The predicted octanol–water partition coefficient (Wildman–Crippen LogP) is 2.85. The molecule has 0 aliphatic rings. The summed E-state index contributed by atoms with van der Waals surface area (Å²) in [5, 5.41) is 0. The van der Waals surface area contributed by atoms with Crippen molar-refractivity contribution in [3.05, 3.63) is 58.6 Å². The standard InChI is InChI=1S/C14H14BrFN2O2S/c1-18(9-6-11-4-7-17-8-5-11)21(19,20)14-3-2-12(16)10-13(14)15/h2-5,7-8,10H,6,9H2,1H3. The molecule has 1 heterocycles. The van der Waals surface area contributed by atoms with E-state index in [4.69, 9.17) is 0 Å². The fourth-order valence-corrected chi connectivity index (χ4v) is 3.99. The topological polar surface area (TPSA) is 50.3 Å². The Morgan fingerprint density at radius 1 is 1.24 bits per heavy atom. The van der Waals surface area contributed by atoms with Crippen LogP contribution in [0.5, 0.6) is 0 Å². The summed E-state index contributed by atoms with van der Waals surface area (Å²) in [6.07, 6.45) is 3.91. The Bertz CT molecular complexity index is 723. The van der Waals surface area contributed by atoms with Gasteiger partial charge in [0.1, 0.15) is 5.82 Å². The number of likely N-dealkylation sites (N-methyl/N-ethyl adjacent to an activating group) is 1. The summed E-state index contributed by atoms with van der Waals surface area (Å²) in [5.74, 6) is -0.486.